The summed E-state index contributed by atoms with van der Waals surface area (Å²) >= 11 is 0. The molecule has 0 amide bonds. The molecular weight excluding hydrogens is 140 g/mol. The molecule has 2 heteroatoms. The first-order chi connectivity index (χ1) is 4.95. The van der Waals surface area contributed by atoms with E-state index in [1.54, 1.807) is 13.0 Å². The second-order valence-electron chi connectivity index (χ2n) is 3.14. The number of aliphatic hydroxyl groups excluding tert-OH is 1. The summed E-state index contributed by atoms with van der Waals surface area (Å²) in [5.74, 6) is 0.189. The minimum Gasteiger partial charge on any atom is -0.389 e. The average Bonchev–Trinajstić information content (AvgIpc) is 1.87. The Bertz CT molecular complexity index is 168. The number of allylic oxidation sites excluding steroid dienone is 1. The van der Waals surface area contributed by atoms with E-state index in [0.717, 1.165) is 0 Å². The van der Waals surface area contributed by atoms with Gasteiger partial charge in [0.25, 0.3) is 0 Å². The number of ketones is 1. The fraction of sp³-hybridized carbons (Fsp3) is 0.667. The van der Waals surface area contributed by atoms with Gasteiger partial charge in [-0.3, -0.25) is 4.79 Å². The third-order valence-electron chi connectivity index (χ3n) is 1.66. The summed E-state index contributed by atoms with van der Waals surface area (Å²) in [6.45, 7) is 7.04. The summed E-state index contributed by atoms with van der Waals surface area (Å²) in [5, 5.41) is 9.32. The van der Waals surface area contributed by atoms with Gasteiger partial charge in [-0.15, -0.1) is 0 Å². The Morgan fingerprint density at radius 1 is 1.36 bits per heavy atom. The van der Waals surface area contributed by atoms with E-state index in [0.29, 0.717) is 5.57 Å². The van der Waals surface area contributed by atoms with Crippen molar-refractivity contribution in [1.29, 1.82) is 0 Å². The van der Waals surface area contributed by atoms with Crippen molar-refractivity contribution in [1.82, 2.24) is 0 Å². The van der Waals surface area contributed by atoms with Crippen LogP contribution in [0.3, 0.4) is 0 Å². The van der Waals surface area contributed by atoms with Crippen molar-refractivity contribution in [3.05, 3.63) is 11.6 Å². The van der Waals surface area contributed by atoms with Gasteiger partial charge in [-0.1, -0.05) is 13.8 Å². The molecule has 2 nitrogen and oxygen atoms in total. The van der Waals surface area contributed by atoms with Crippen LogP contribution in [-0.2, 0) is 4.79 Å². The Morgan fingerprint density at radius 2 is 1.82 bits per heavy atom. The lowest BCUT2D eigenvalue weighted by atomic mass is 10.0. The number of carbonyl (C=O) groups excluding carboxylic acids is 1. The summed E-state index contributed by atoms with van der Waals surface area (Å²) in [6.07, 6.45) is 1.10. The van der Waals surface area contributed by atoms with Gasteiger partial charge in [-0.05, 0) is 31.4 Å². The van der Waals surface area contributed by atoms with Crippen LogP contribution in [0.15, 0.2) is 11.6 Å². The van der Waals surface area contributed by atoms with Crippen LogP contribution in [0, 0.1) is 5.92 Å². The first-order valence-corrected chi connectivity index (χ1v) is 3.82. The van der Waals surface area contributed by atoms with E-state index in [-0.39, 0.29) is 11.7 Å². The monoisotopic (exact) mass is 156 g/mol. The molecule has 0 spiro atoms. The van der Waals surface area contributed by atoms with Gasteiger partial charge in [-0.2, -0.15) is 0 Å². The van der Waals surface area contributed by atoms with Crippen molar-refractivity contribution in [3.63, 3.8) is 0 Å². The molecule has 0 radical (unpaired) electrons. The van der Waals surface area contributed by atoms with Crippen LogP contribution in [0.4, 0.5) is 0 Å². The van der Waals surface area contributed by atoms with Crippen molar-refractivity contribution < 1.29 is 9.90 Å². The highest BCUT2D eigenvalue weighted by molar-refractivity contribution is 5.92. The third-order valence-corrected chi connectivity index (χ3v) is 1.66. The largest absolute Gasteiger partial charge is 0.389 e. The molecule has 0 heterocycles. The Balaban J connectivity index is 4.19. The molecule has 0 aromatic heterocycles. The molecule has 0 saturated heterocycles. The molecule has 0 aliphatic carbocycles. The Morgan fingerprint density at radius 3 is 2.09 bits per heavy atom. The van der Waals surface area contributed by atoms with Gasteiger partial charge in [0.1, 0.15) is 0 Å². The van der Waals surface area contributed by atoms with Gasteiger partial charge >= 0.3 is 0 Å². The highest BCUT2D eigenvalue weighted by Gasteiger charge is 2.06. The summed E-state index contributed by atoms with van der Waals surface area (Å²) in [6, 6.07) is 0. The van der Waals surface area contributed by atoms with Gasteiger partial charge < -0.3 is 5.11 Å². The fourth-order valence-corrected chi connectivity index (χ4v) is 0.566. The fourth-order valence-electron chi connectivity index (χ4n) is 0.566. The minimum absolute atomic E-state index is 0.0182. The highest BCUT2D eigenvalue weighted by Crippen LogP contribution is 2.05. The smallest absolute Gasteiger partial charge is 0.155 e. The molecule has 11 heavy (non-hydrogen) atoms. The topological polar surface area (TPSA) is 37.3 Å². The van der Waals surface area contributed by atoms with Crippen molar-refractivity contribution in [2.24, 2.45) is 5.92 Å². The molecule has 0 fully saturated rings. The molecule has 0 aliphatic heterocycles. The van der Waals surface area contributed by atoms with E-state index in [1.807, 2.05) is 13.8 Å². The Hall–Kier alpha value is -0.630. The maximum atomic E-state index is 10.7. The van der Waals surface area contributed by atoms with E-state index in [4.69, 9.17) is 0 Å². The van der Waals surface area contributed by atoms with Crippen LogP contribution in [0.25, 0.3) is 0 Å². The second kappa shape index (κ2) is 4.29. The summed E-state index contributed by atoms with van der Waals surface area (Å²) in [5.41, 5.74) is 0.631. The van der Waals surface area contributed by atoms with Crippen LogP contribution in [-0.4, -0.2) is 17.0 Å². The zero-order valence-electron chi connectivity index (χ0n) is 7.59. The maximum absolute atomic E-state index is 10.7. The molecule has 0 aromatic carbocycles. The predicted octanol–water partition coefficient (Wildman–Crippen LogP) is 1.54. The van der Waals surface area contributed by atoms with Crippen LogP contribution in [0.1, 0.15) is 27.7 Å². The number of hydrogen-bond donors (Lipinski definition) is 1. The second-order valence-corrected chi connectivity index (χ2v) is 3.14. The number of rotatable bonds is 3. The molecule has 0 saturated carbocycles. The lowest BCUT2D eigenvalue weighted by Crippen LogP contribution is -2.12. The quantitative estimate of drug-likeness (QED) is 0.629. The highest BCUT2D eigenvalue weighted by atomic mass is 16.3. The molecule has 0 aliphatic rings. The molecular formula is C9H16O2. The van der Waals surface area contributed by atoms with Crippen LogP contribution < -0.4 is 0 Å². The minimum atomic E-state index is -0.501. The summed E-state index contributed by atoms with van der Waals surface area (Å²) in [4.78, 5) is 10.7. The first kappa shape index (κ1) is 10.4. The van der Waals surface area contributed by atoms with Gasteiger partial charge in [0, 0.05) is 0 Å². The molecule has 1 atom stereocenters. The van der Waals surface area contributed by atoms with Crippen molar-refractivity contribution >= 4 is 5.78 Å². The number of aliphatic hydroxyl groups is 1. The number of carbonyl (C=O) groups is 1. The SMILES string of the molecule is CC(=O)C(C)=CC(O)C(C)C. The maximum Gasteiger partial charge on any atom is 0.155 e. The average molecular weight is 156 g/mol. The van der Waals surface area contributed by atoms with Crippen molar-refractivity contribution in [3.8, 4) is 0 Å². The van der Waals surface area contributed by atoms with E-state index in [2.05, 4.69) is 0 Å². The molecule has 0 bridgehead atoms. The van der Waals surface area contributed by atoms with E-state index in [1.165, 1.54) is 6.92 Å². The van der Waals surface area contributed by atoms with Crippen molar-refractivity contribution in [2.75, 3.05) is 0 Å². The molecule has 1 N–H and O–H groups in total. The standard InChI is InChI=1S/C9H16O2/c1-6(2)9(11)5-7(3)8(4)10/h5-6,9,11H,1-4H3. The van der Waals surface area contributed by atoms with Crippen LogP contribution >= 0.6 is 0 Å². The molecule has 0 aromatic rings. The van der Waals surface area contributed by atoms with Gasteiger partial charge in [0.2, 0.25) is 0 Å². The zero-order chi connectivity index (χ0) is 9.02. The van der Waals surface area contributed by atoms with Crippen LogP contribution in [0.5, 0.6) is 0 Å². The number of Topliss-reactive ketones (excluding diaryl/α,β-unsaturated/α-hetero) is 1. The Labute approximate surface area is 67.9 Å². The first-order valence-electron chi connectivity index (χ1n) is 3.82. The molecule has 0 rings (SSSR count). The van der Waals surface area contributed by atoms with Crippen molar-refractivity contribution in [2.45, 2.75) is 33.8 Å². The normalized spacial score (nSPS) is 15.3. The van der Waals surface area contributed by atoms with Gasteiger partial charge in [0.05, 0.1) is 6.10 Å². The summed E-state index contributed by atoms with van der Waals surface area (Å²) in [7, 11) is 0. The zero-order valence-corrected chi connectivity index (χ0v) is 7.59. The van der Waals surface area contributed by atoms with E-state index in [9.17, 15) is 9.90 Å². The predicted molar refractivity (Wildman–Crippen MR) is 45.3 cm³/mol. The van der Waals surface area contributed by atoms with Gasteiger partial charge in [-0.25, -0.2) is 0 Å². The summed E-state index contributed by atoms with van der Waals surface area (Å²) < 4.78 is 0. The van der Waals surface area contributed by atoms with Gasteiger partial charge in [0.15, 0.2) is 5.78 Å². The molecule has 64 valence electrons. The molecule has 1 unspecified atom stereocenters. The Kier molecular flexibility index (Phi) is 4.04. The lowest BCUT2D eigenvalue weighted by molar-refractivity contribution is -0.113. The van der Waals surface area contributed by atoms with Crippen LogP contribution in [0.2, 0.25) is 0 Å². The number of hydrogen-bond acceptors (Lipinski definition) is 2. The van der Waals surface area contributed by atoms with E-state index < -0.39 is 6.10 Å². The lowest BCUT2D eigenvalue weighted by Gasteiger charge is -2.09. The third kappa shape index (κ3) is 3.94. The van der Waals surface area contributed by atoms with E-state index >= 15 is 0 Å².